The monoisotopic (exact) mass is 111 g/mol. The van der Waals surface area contributed by atoms with Crippen LogP contribution in [0.1, 0.15) is 25.7 Å². The molecule has 0 saturated carbocycles. The molecule has 1 nitrogen and oxygen atoms in total. The van der Waals surface area contributed by atoms with Crippen LogP contribution in [0, 0.1) is 0 Å². The highest BCUT2D eigenvalue weighted by Crippen LogP contribution is 2.06. The van der Waals surface area contributed by atoms with Crippen molar-refractivity contribution in [2.24, 2.45) is 0 Å². The first-order chi connectivity index (χ1) is 4.00. The molecule has 1 fully saturated rings. The van der Waals surface area contributed by atoms with Crippen LogP contribution in [0.2, 0.25) is 6.32 Å². The summed E-state index contributed by atoms with van der Waals surface area (Å²) >= 11 is 0. The van der Waals surface area contributed by atoms with Gasteiger partial charge in [-0.15, -0.1) is 0 Å². The van der Waals surface area contributed by atoms with Crippen molar-refractivity contribution in [2.45, 2.75) is 32.0 Å². The molecule has 0 atom stereocenters. The molecule has 8 heavy (non-hydrogen) atoms. The zero-order valence-electron chi connectivity index (χ0n) is 5.23. The lowest BCUT2D eigenvalue weighted by Crippen LogP contribution is -2.03. The molecule has 1 rings (SSSR count). The number of hydrogen-bond donors (Lipinski definition) is 0. The Morgan fingerprint density at radius 1 is 1.00 bits per heavy atom. The molecule has 0 aromatic rings. The van der Waals surface area contributed by atoms with Crippen LogP contribution in [0.3, 0.4) is 0 Å². The molecule has 2 heteroatoms. The summed E-state index contributed by atoms with van der Waals surface area (Å²) in [5, 5.41) is 0. The van der Waals surface area contributed by atoms with E-state index in [4.69, 9.17) is 4.65 Å². The molecule has 0 aromatic carbocycles. The van der Waals surface area contributed by atoms with E-state index in [1.54, 1.807) is 0 Å². The third-order valence-electron chi connectivity index (χ3n) is 1.45. The zero-order valence-corrected chi connectivity index (χ0v) is 5.23. The van der Waals surface area contributed by atoms with E-state index in [0.29, 0.717) is 0 Å². The summed E-state index contributed by atoms with van der Waals surface area (Å²) in [7, 11) is 1.94. The van der Waals surface area contributed by atoms with Gasteiger partial charge in [0.05, 0.1) is 0 Å². The Hall–Kier alpha value is 0.0249. The molecule has 0 bridgehead atoms. The smallest absolute Gasteiger partial charge is 0.292 e. The van der Waals surface area contributed by atoms with Crippen LogP contribution >= 0.6 is 0 Å². The van der Waals surface area contributed by atoms with E-state index < -0.39 is 0 Å². The lowest BCUT2D eigenvalue weighted by molar-refractivity contribution is 0.311. The maximum atomic E-state index is 5.15. The summed E-state index contributed by atoms with van der Waals surface area (Å²) in [6.07, 6.45) is 6.46. The second-order valence-electron chi connectivity index (χ2n) is 2.24. The Morgan fingerprint density at radius 2 is 1.88 bits per heavy atom. The fraction of sp³-hybridized carbons (Fsp3) is 1.00. The molecule has 1 aliphatic rings. The first-order valence-corrected chi connectivity index (χ1v) is 3.43. The average Bonchev–Trinajstić information content (AvgIpc) is 1.62. The minimum absolute atomic E-state index is 0.944. The SMILES string of the molecule is [B]1CCCCCCO1. The topological polar surface area (TPSA) is 9.23 Å². The van der Waals surface area contributed by atoms with Gasteiger partial charge in [0.1, 0.15) is 0 Å². The van der Waals surface area contributed by atoms with Crippen molar-refractivity contribution in [1.29, 1.82) is 0 Å². The standard InChI is InChI=1S/C6H12BO/c1-2-4-6-8-7-5-3-1/h1-6H2. The summed E-state index contributed by atoms with van der Waals surface area (Å²) in [5.41, 5.74) is 0. The highest BCUT2D eigenvalue weighted by Gasteiger charge is 1.97. The molecule has 1 heterocycles. The predicted molar refractivity (Wildman–Crippen MR) is 35.0 cm³/mol. The third kappa shape index (κ3) is 2.36. The molecular weight excluding hydrogens is 98.9 g/mol. The van der Waals surface area contributed by atoms with E-state index in [2.05, 4.69) is 0 Å². The van der Waals surface area contributed by atoms with E-state index in [1.165, 1.54) is 25.7 Å². The van der Waals surface area contributed by atoms with Gasteiger partial charge in [-0.2, -0.15) is 0 Å². The molecular formula is C6H12BO. The van der Waals surface area contributed by atoms with Crippen LogP contribution in [0.15, 0.2) is 0 Å². The Kier molecular flexibility index (Phi) is 3.04. The van der Waals surface area contributed by atoms with E-state index in [0.717, 1.165) is 12.9 Å². The van der Waals surface area contributed by atoms with Crippen molar-refractivity contribution < 1.29 is 4.65 Å². The van der Waals surface area contributed by atoms with Crippen LogP contribution in [0.5, 0.6) is 0 Å². The molecule has 0 amide bonds. The van der Waals surface area contributed by atoms with Crippen molar-refractivity contribution in [2.75, 3.05) is 6.61 Å². The van der Waals surface area contributed by atoms with Crippen LogP contribution in [-0.2, 0) is 4.65 Å². The molecule has 0 aliphatic carbocycles. The Balaban J connectivity index is 2.00. The van der Waals surface area contributed by atoms with Crippen molar-refractivity contribution in [3.63, 3.8) is 0 Å². The summed E-state index contributed by atoms with van der Waals surface area (Å²) in [5.74, 6) is 0. The van der Waals surface area contributed by atoms with E-state index in [9.17, 15) is 0 Å². The van der Waals surface area contributed by atoms with Gasteiger partial charge in [0, 0.05) is 6.61 Å². The Bertz CT molecular complexity index is 32.5. The van der Waals surface area contributed by atoms with Gasteiger partial charge in [0.2, 0.25) is 0 Å². The maximum Gasteiger partial charge on any atom is 0.292 e. The van der Waals surface area contributed by atoms with E-state index in [1.807, 2.05) is 7.48 Å². The molecule has 0 spiro atoms. The van der Waals surface area contributed by atoms with Gasteiger partial charge >= 0.3 is 0 Å². The van der Waals surface area contributed by atoms with E-state index in [-0.39, 0.29) is 0 Å². The summed E-state index contributed by atoms with van der Waals surface area (Å²) in [4.78, 5) is 0. The number of hydrogen-bond acceptors (Lipinski definition) is 1. The van der Waals surface area contributed by atoms with Gasteiger partial charge in [-0.3, -0.25) is 0 Å². The maximum absolute atomic E-state index is 5.15. The molecule has 0 N–H and O–H groups in total. The van der Waals surface area contributed by atoms with Gasteiger partial charge in [-0.1, -0.05) is 25.6 Å². The summed E-state index contributed by atoms with van der Waals surface area (Å²) < 4.78 is 5.15. The van der Waals surface area contributed by atoms with Gasteiger partial charge in [-0.05, 0) is 6.42 Å². The Morgan fingerprint density at radius 3 is 2.88 bits per heavy atom. The zero-order chi connectivity index (χ0) is 5.66. The molecule has 1 saturated heterocycles. The van der Waals surface area contributed by atoms with Gasteiger partial charge in [0.15, 0.2) is 0 Å². The Labute approximate surface area is 51.7 Å². The summed E-state index contributed by atoms with van der Waals surface area (Å²) in [6, 6.07) is 0. The second kappa shape index (κ2) is 3.96. The van der Waals surface area contributed by atoms with Crippen LogP contribution in [0.25, 0.3) is 0 Å². The fourth-order valence-corrected chi connectivity index (χ4v) is 0.933. The van der Waals surface area contributed by atoms with Crippen LogP contribution in [-0.4, -0.2) is 14.1 Å². The fourth-order valence-electron chi connectivity index (χ4n) is 0.933. The van der Waals surface area contributed by atoms with Gasteiger partial charge < -0.3 is 4.65 Å². The highest BCUT2D eigenvalue weighted by atomic mass is 16.4. The second-order valence-corrected chi connectivity index (χ2v) is 2.24. The molecule has 1 aliphatic heterocycles. The minimum atomic E-state index is 0.944. The van der Waals surface area contributed by atoms with Crippen LogP contribution < -0.4 is 0 Å². The normalized spacial score (nSPS) is 23.0. The average molecular weight is 111 g/mol. The third-order valence-corrected chi connectivity index (χ3v) is 1.45. The van der Waals surface area contributed by atoms with Gasteiger partial charge in [0.25, 0.3) is 7.48 Å². The molecule has 0 unspecified atom stereocenters. The van der Waals surface area contributed by atoms with Crippen molar-refractivity contribution in [3.8, 4) is 0 Å². The molecule has 1 radical (unpaired) electrons. The lowest BCUT2D eigenvalue weighted by atomic mass is 9.90. The van der Waals surface area contributed by atoms with Crippen molar-refractivity contribution >= 4 is 7.48 Å². The first-order valence-electron chi connectivity index (χ1n) is 3.43. The van der Waals surface area contributed by atoms with Crippen molar-refractivity contribution in [1.82, 2.24) is 0 Å². The summed E-state index contributed by atoms with van der Waals surface area (Å²) in [6.45, 7) is 0.944. The van der Waals surface area contributed by atoms with Crippen LogP contribution in [0.4, 0.5) is 0 Å². The largest absolute Gasteiger partial charge is 0.440 e. The first kappa shape index (κ1) is 6.15. The van der Waals surface area contributed by atoms with E-state index >= 15 is 0 Å². The number of rotatable bonds is 0. The lowest BCUT2D eigenvalue weighted by Gasteiger charge is -2.06. The molecule has 45 valence electrons. The van der Waals surface area contributed by atoms with Gasteiger partial charge in [-0.25, -0.2) is 0 Å². The minimum Gasteiger partial charge on any atom is -0.440 e. The van der Waals surface area contributed by atoms with Crippen molar-refractivity contribution in [3.05, 3.63) is 0 Å². The quantitative estimate of drug-likeness (QED) is 0.431. The molecule has 0 aromatic heterocycles. The highest BCUT2D eigenvalue weighted by molar-refractivity contribution is 6.26. The predicted octanol–water partition coefficient (Wildman–Crippen LogP) is 1.61.